The van der Waals surface area contributed by atoms with Gasteiger partial charge >= 0.3 is 18.5 Å². The van der Waals surface area contributed by atoms with Gasteiger partial charge in [0.15, 0.2) is 0 Å². The highest BCUT2D eigenvalue weighted by atomic mass is 32.4. The maximum atomic E-state index is 15.1. The minimum absolute atomic E-state index is 0.0483. The summed E-state index contributed by atoms with van der Waals surface area (Å²) in [7, 11) is 0. The first-order valence-corrected chi connectivity index (χ1v) is 24.8. The van der Waals surface area contributed by atoms with Gasteiger partial charge in [-0.05, 0) is 52.3 Å². The first kappa shape index (κ1) is 37.0. The van der Waals surface area contributed by atoms with Crippen molar-refractivity contribution in [1.29, 1.82) is 0 Å². The minimum atomic E-state index is -4.99. The van der Waals surface area contributed by atoms with Crippen LogP contribution in [0.3, 0.4) is 0 Å². The summed E-state index contributed by atoms with van der Waals surface area (Å²) in [5.74, 6) is 0. The van der Waals surface area contributed by atoms with E-state index in [1.54, 1.807) is 91.0 Å². The van der Waals surface area contributed by atoms with Crippen LogP contribution in [0.5, 0.6) is 0 Å². The zero-order valence-electron chi connectivity index (χ0n) is 27.5. The van der Waals surface area contributed by atoms with Gasteiger partial charge in [0.1, 0.15) is 0 Å². The van der Waals surface area contributed by atoms with Crippen LogP contribution in [-0.4, -0.2) is 0 Å². The Morgan fingerprint density at radius 1 is 0.345 bits per heavy atom. The maximum absolute atomic E-state index is 15.1. The number of benzene rings is 6. The van der Waals surface area contributed by atoms with Crippen molar-refractivity contribution in [3.63, 3.8) is 0 Å². The molecule has 3 aliphatic heterocycles. The van der Waals surface area contributed by atoms with Crippen molar-refractivity contribution in [2.24, 2.45) is 0 Å². The van der Waals surface area contributed by atoms with Gasteiger partial charge in [-0.25, -0.2) is 0 Å². The molecule has 0 N–H and O–H groups in total. The summed E-state index contributed by atoms with van der Waals surface area (Å²) in [6.45, 7) is 0. The molecule has 278 valence electrons. The summed E-state index contributed by atoms with van der Waals surface area (Å²) >= 11 is 19.7. The molecular formula is C39H21F9NP3S3. The number of rotatable bonds is 3. The van der Waals surface area contributed by atoms with Crippen LogP contribution in [-0.2, 0) is 53.9 Å². The van der Waals surface area contributed by atoms with Crippen LogP contribution in [0.4, 0.5) is 56.6 Å². The van der Waals surface area contributed by atoms with Gasteiger partial charge in [-0.1, -0.05) is 126 Å². The predicted octanol–water partition coefficient (Wildman–Crippen LogP) is 8.42. The Bertz CT molecular complexity index is 2380. The van der Waals surface area contributed by atoms with Gasteiger partial charge in [0.25, 0.3) is 0 Å². The topological polar surface area (TPSA) is 3.24 Å². The summed E-state index contributed by atoms with van der Waals surface area (Å²) in [6, 6.07) is 18.0. The molecule has 0 unspecified atom stereocenters. The molecule has 0 saturated carbocycles. The Labute approximate surface area is 323 Å². The summed E-state index contributed by atoms with van der Waals surface area (Å²) in [5.41, 5.74) is -3.01. The van der Waals surface area contributed by atoms with E-state index in [0.717, 1.165) is 36.4 Å². The van der Waals surface area contributed by atoms with Crippen molar-refractivity contribution in [1.82, 2.24) is 0 Å². The number of anilines is 3. The van der Waals surface area contributed by atoms with E-state index in [0.29, 0.717) is 15.9 Å². The van der Waals surface area contributed by atoms with E-state index >= 15 is 39.5 Å². The molecule has 9 rings (SSSR count). The number of halogens is 9. The van der Waals surface area contributed by atoms with Gasteiger partial charge in [-0.3, -0.25) is 0 Å². The second-order valence-corrected chi connectivity index (χ2v) is 26.3. The Morgan fingerprint density at radius 2 is 0.545 bits per heavy atom. The zero-order chi connectivity index (χ0) is 39.1. The first-order valence-electron chi connectivity index (χ1n) is 16.4. The lowest BCUT2D eigenvalue weighted by atomic mass is 10.1. The molecule has 0 atom stereocenters. The third-order valence-corrected chi connectivity index (χ3v) is 24.9. The Balaban J connectivity index is 1.61. The third-order valence-electron chi connectivity index (χ3n) is 10.3. The quantitative estimate of drug-likeness (QED) is 0.130. The highest BCUT2D eigenvalue weighted by Crippen LogP contribution is 2.66. The van der Waals surface area contributed by atoms with E-state index in [1.165, 1.54) is 4.90 Å². The average Bonchev–Trinajstić information content (AvgIpc) is 3.16. The molecule has 0 fully saturated rings. The van der Waals surface area contributed by atoms with Crippen LogP contribution in [0.2, 0.25) is 0 Å². The van der Waals surface area contributed by atoms with Crippen molar-refractivity contribution in [2.45, 2.75) is 18.5 Å². The summed E-state index contributed by atoms with van der Waals surface area (Å²) in [4.78, 5) is 1.54. The van der Waals surface area contributed by atoms with Gasteiger partial charge in [0.05, 0.1) is 33.8 Å². The molecule has 3 heterocycles. The smallest absolute Gasteiger partial charge is 0.306 e. The standard InChI is InChI=1S/C39H21F9NP3S3/c40-37(41,42)22-16-28-34-30(18-22)51(54,26-12-6-2-7-13-26)32-20-24(39(46,47)48)21-33-36(32)49(34)35-29(50(28,53)25-10-4-1-5-11-25)17-23(38(43,44)45)19-31(35)52(33,55)27-14-8-3-9-15-27/h1-21H. The van der Waals surface area contributed by atoms with Crippen molar-refractivity contribution in [3.05, 3.63) is 144 Å². The van der Waals surface area contributed by atoms with E-state index in [-0.39, 0.29) is 48.9 Å². The molecule has 0 bridgehead atoms. The van der Waals surface area contributed by atoms with E-state index in [4.69, 9.17) is 35.4 Å². The SMILES string of the molecule is FC(F)(F)c1cc2c3c(c1)P(=S)(c1ccccc1)c1cc(C(F)(F)F)cc4c1N3c1c(cc(C(F)(F)F)cc1P4(=S)c1ccccc1)P2(=S)c1ccccc1. The second kappa shape index (κ2) is 12.0. The highest BCUT2D eigenvalue weighted by Gasteiger charge is 2.55. The molecule has 0 spiro atoms. The largest absolute Gasteiger partial charge is 0.416 e. The lowest BCUT2D eigenvalue weighted by Crippen LogP contribution is -2.53. The van der Waals surface area contributed by atoms with Crippen LogP contribution in [0.25, 0.3) is 0 Å². The molecule has 0 saturated heterocycles. The molecule has 0 aliphatic carbocycles. The van der Waals surface area contributed by atoms with Crippen molar-refractivity contribution in [3.8, 4) is 0 Å². The van der Waals surface area contributed by atoms with Crippen LogP contribution in [0.15, 0.2) is 127 Å². The molecule has 0 radical (unpaired) electrons. The summed E-state index contributed by atoms with van der Waals surface area (Å²) in [6.07, 6.45) is -15.0. The fourth-order valence-electron chi connectivity index (χ4n) is 7.90. The third kappa shape index (κ3) is 5.09. The number of hydrogen-bond donors (Lipinski definition) is 0. The van der Waals surface area contributed by atoms with Crippen LogP contribution in [0.1, 0.15) is 16.7 Å². The molecule has 16 heteroatoms. The van der Waals surface area contributed by atoms with Gasteiger partial charge in [-0.15, -0.1) is 0 Å². The highest BCUT2D eigenvalue weighted by molar-refractivity contribution is 8.28. The molecule has 55 heavy (non-hydrogen) atoms. The van der Waals surface area contributed by atoms with Gasteiger partial charge < -0.3 is 4.90 Å². The average molecular weight is 864 g/mol. The molecule has 6 aromatic rings. The summed E-state index contributed by atoms with van der Waals surface area (Å²) in [5, 5.41) is 0.704. The molecule has 3 aliphatic rings. The monoisotopic (exact) mass is 863 g/mol. The van der Waals surface area contributed by atoms with Crippen LogP contribution < -0.4 is 52.6 Å². The first-order chi connectivity index (χ1) is 25.8. The van der Waals surface area contributed by atoms with E-state index in [2.05, 4.69) is 0 Å². The summed E-state index contributed by atoms with van der Waals surface area (Å²) < 4.78 is 136. The van der Waals surface area contributed by atoms with Crippen molar-refractivity contribution < 1.29 is 39.5 Å². The molecule has 6 aromatic carbocycles. The van der Waals surface area contributed by atoms with E-state index < -0.39 is 53.3 Å². The zero-order valence-corrected chi connectivity index (χ0v) is 32.7. The van der Waals surface area contributed by atoms with Gasteiger partial charge in [0.2, 0.25) is 0 Å². The maximum Gasteiger partial charge on any atom is 0.416 e. The number of nitrogens with zero attached hydrogens (tertiary/aromatic N) is 1. The van der Waals surface area contributed by atoms with Crippen molar-refractivity contribution >= 4 is 118 Å². The van der Waals surface area contributed by atoms with E-state index in [1.807, 2.05) is 0 Å². The molecule has 0 amide bonds. The van der Waals surface area contributed by atoms with Crippen LogP contribution in [0, 0.1) is 0 Å². The van der Waals surface area contributed by atoms with E-state index in [9.17, 15) is 0 Å². The Hall–Kier alpha value is -3.56. The minimum Gasteiger partial charge on any atom is -0.306 e. The lowest BCUT2D eigenvalue weighted by molar-refractivity contribution is -0.138. The van der Waals surface area contributed by atoms with Crippen LogP contribution >= 0.6 is 18.1 Å². The van der Waals surface area contributed by atoms with Gasteiger partial charge in [-0.2, -0.15) is 39.5 Å². The number of alkyl halides is 9. The normalized spacial score (nSPS) is 22.3. The number of hydrogen-bond acceptors (Lipinski definition) is 4. The molecule has 1 nitrogen and oxygen atoms in total. The fraction of sp³-hybridized carbons (Fsp3) is 0.0769. The Morgan fingerprint density at radius 3 is 0.727 bits per heavy atom. The lowest BCUT2D eigenvalue weighted by Gasteiger charge is -2.52. The Kier molecular flexibility index (Phi) is 8.07. The second-order valence-electron chi connectivity index (χ2n) is 13.3. The van der Waals surface area contributed by atoms with Gasteiger partial charge in [0, 0.05) is 49.9 Å². The van der Waals surface area contributed by atoms with Crippen molar-refractivity contribution in [2.75, 3.05) is 4.90 Å². The molecular weight excluding hydrogens is 843 g/mol. The molecule has 0 aromatic heterocycles. The predicted molar refractivity (Wildman–Crippen MR) is 215 cm³/mol. The fourth-order valence-corrected chi connectivity index (χ4v) is 21.0.